The number of aryl methyl sites for hydroxylation is 1. The second kappa shape index (κ2) is 4.93. The molecule has 9 nitrogen and oxygen atoms in total. The molecule has 1 aliphatic rings. The van der Waals surface area contributed by atoms with Crippen LogP contribution in [0.4, 0.5) is 0 Å². The molecule has 0 atom stereocenters. The summed E-state index contributed by atoms with van der Waals surface area (Å²) in [5.74, 6) is 0.0757. The highest BCUT2D eigenvalue weighted by molar-refractivity contribution is 5.87. The van der Waals surface area contributed by atoms with E-state index in [0.717, 1.165) is 6.42 Å². The number of likely N-dealkylation sites (N-methyl/N-ethyl adjacent to an activating group) is 1. The molecule has 22 heavy (non-hydrogen) atoms. The smallest absolute Gasteiger partial charge is 0.328 e. The lowest BCUT2D eigenvalue weighted by Gasteiger charge is -2.35. The fourth-order valence-electron chi connectivity index (χ4n) is 2.56. The zero-order valence-corrected chi connectivity index (χ0v) is 12.2. The van der Waals surface area contributed by atoms with Gasteiger partial charge in [0.05, 0.1) is 0 Å². The molecule has 0 saturated heterocycles. The van der Waals surface area contributed by atoms with Crippen LogP contribution in [-0.2, 0) is 17.3 Å². The molecule has 1 aliphatic carbocycles. The molecule has 0 aliphatic heterocycles. The first-order valence-electron chi connectivity index (χ1n) is 6.84. The topological polar surface area (TPSA) is 123 Å². The van der Waals surface area contributed by atoms with Crippen molar-refractivity contribution in [2.75, 3.05) is 7.05 Å². The number of aromatic nitrogens is 4. The van der Waals surface area contributed by atoms with Crippen LogP contribution in [-0.4, -0.2) is 32.6 Å². The van der Waals surface area contributed by atoms with Gasteiger partial charge in [-0.05, 0) is 12.8 Å². The van der Waals surface area contributed by atoms with E-state index in [1.54, 1.807) is 7.05 Å². The van der Waals surface area contributed by atoms with Gasteiger partial charge in [-0.3, -0.25) is 14.6 Å². The van der Waals surface area contributed by atoms with E-state index in [9.17, 15) is 14.4 Å². The Kier molecular flexibility index (Phi) is 3.19. The number of hydrogen-bond donors (Lipinski definition) is 2. The lowest BCUT2D eigenvalue weighted by Crippen LogP contribution is -2.48. The summed E-state index contributed by atoms with van der Waals surface area (Å²) in [5.41, 5.74) is -1.83. The van der Waals surface area contributed by atoms with Gasteiger partial charge in [0.2, 0.25) is 17.6 Å². The molecule has 1 fully saturated rings. The minimum atomic E-state index is -0.812. The molecule has 9 heteroatoms. The van der Waals surface area contributed by atoms with Crippen LogP contribution < -0.4 is 16.6 Å². The molecular weight excluding hydrogens is 290 g/mol. The highest BCUT2D eigenvalue weighted by atomic mass is 16.5. The van der Waals surface area contributed by atoms with Crippen molar-refractivity contribution < 1.29 is 9.32 Å². The second-order valence-corrected chi connectivity index (χ2v) is 5.35. The fraction of sp³-hybridized carbons (Fsp3) is 0.462. The third kappa shape index (κ3) is 1.97. The van der Waals surface area contributed by atoms with Crippen molar-refractivity contribution in [1.29, 1.82) is 0 Å². The van der Waals surface area contributed by atoms with Gasteiger partial charge in [0, 0.05) is 20.3 Å². The van der Waals surface area contributed by atoms with Crippen LogP contribution in [0.15, 0.2) is 20.3 Å². The van der Waals surface area contributed by atoms with E-state index in [4.69, 9.17) is 4.52 Å². The number of H-pyrrole nitrogens is 1. The van der Waals surface area contributed by atoms with Crippen molar-refractivity contribution >= 4 is 5.91 Å². The number of nitrogens with one attached hydrogen (secondary N) is 2. The highest BCUT2D eigenvalue weighted by Gasteiger charge is 2.50. The standard InChI is InChI=1S/C13H15N5O4/c1-14-10(20)13(4-3-5-13)11-15-8(17-22-11)7-6-18(2)12(21)16-9(7)19/h6H,3-5H2,1-2H3,(H,14,20)(H,16,19,21). The predicted octanol–water partition coefficient (Wildman–Crippen LogP) is -0.709. The number of amides is 1. The van der Waals surface area contributed by atoms with Crippen molar-refractivity contribution in [3.8, 4) is 11.4 Å². The van der Waals surface area contributed by atoms with Gasteiger partial charge < -0.3 is 14.4 Å². The third-order valence-corrected chi connectivity index (χ3v) is 4.05. The maximum Gasteiger partial charge on any atom is 0.328 e. The molecule has 2 aromatic rings. The summed E-state index contributed by atoms with van der Waals surface area (Å²) in [6, 6.07) is 0. The molecule has 0 radical (unpaired) electrons. The van der Waals surface area contributed by atoms with Crippen molar-refractivity contribution in [3.63, 3.8) is 0 Å². The van der Waals surface area contributed by atoms with Gasteiger partial charge in [0.25, 0.3) is 5.56 Å². The summed E-state index contributed by atoms with van der Waals surface area (Å²) in [5, 5.41) is 6.38. The minimum Gasteiger partial charge on any atom is -0.358 e. The summed E-state index contributed by atoms with van der Waals surface area (Å²) in [6.45, 7) is 0. The number of carbonyl (C=O) groups excluding carboxylic acids is 1. The van der Waals surface area contributed by atoms with Gasteiger partial charge in [-0.15, -0.1) is 0 Å². The van der Waals surface area contributed by atoms with Gasteiger partial charge in [-0.1, -0.05) is 11.6 Å². The third-order valence-electron chi connectivity index (χ3n) is 4.05. The van der Waals surface area contributed by atoms with Crippen LogP contribution in [0.5, 0.6) is 0 Å². The van der Waals surface area contributed by atoms with Crippen molar-refractivity contribution in [1.82, 2.24) is 25.0 Å². The Labute approximate surface area is 124 Å². The molecule has 1 saturated carbocycles. The van der Waals surface area contributed by atoms with Crippen molar-refractivity contribution in [2.45, 2.75) is 24.7 Å². The lowest BCUT2D eigenvalue weighted by molar-refractivity contribution is -0.130. The van der Waals surface area contributed by atoms with Crippen LogP contribution >= 0.6 is 0 Å². The molecule has 3 rings (SSSR count). The largest absolute Gasteiger partial charge is 0.358 e. The highest BCUT2D eigenvalue weighted by Crippen LogP contribution is 2.43. The Morgan fingerprint density at radius 2 is 2.18 bits per heavy atom. The molecule has 2 heterocycles. The van der Waals surface area contributed by atoms with Gasteiger partial charge in [-0.2, -0.15) is 4.98 Å². The molecule has 2 aromatic heterocycles. The van der Waals surface area contributed by atoms with Gasteiger partial charge >= 0.3 is 5.69 Å². The van der Waals surface area contributed by atoms with Crippen molar-refractivity contribution in [2.24, 2.45) is 7.05 Å². The molecule has 0 aromatic carbocycles. The van der Waals surface area contributed by atoms with Gasteiger partial charge in [0.1, 0.15) is 11.0 Å². The van der Waals surface area contributed by atoms with E-state index in [1.807, 2.05) is 0 Å². The van der Waals surface area contributed by atoms with Gasteiger partial charge in [-0.25, -0.2) is 4.79 Å². The fourth-order valence-corrected chi connectivity index (χ4v) is 2.56. The van der Waals surface area contributed by atoms with E-state index in [0.29, 0.717) is 12.8 Å². The summed E-state index contributed by atoms with van der Waals surface area (Å²) in [7, 11) is 3.05. The molecule has 2 N–H and O–H groups in total. The van der Waals surface area contributed by atoms with E-state index < -0.39 is 16.7 Å². The average Bonchev–Trinajstić information content (AvgIpc) is 2.91. The Balaban J connectivity index is 2.05. The summed E-state index contributed by atoms with van der Waals surface area (Å²) in [4.78, 5) is 41.7. The molecule has 0 spiro atoms. The first kappa shape index (κ1) is 14.2. The van der Waals surface area contributed by atoms with Crippen LogP contribution in [0.3, 0.4) is 0 Å². The monoisotopic (exact) mass is 305 g/mol. The first-order chi connectivity index (χ1) is 10.5. The van der Waals surface area contributed by atoms with Crippen LogP contribution in [0.25, 0.3) is 11.4 Å². The summed E-state index contributed by atoms with van der Waals surface area (Å²) in [6.07, 6.45) is 3.48. The molecule has 1 amide bonds. The van der Waals surface area contributed by atoms with Gasteiger partial charge in [0.15, 0.2) is 0 Å². The Morgan fingerprint density at radius 3 is 2.77 bits per heavy atom. The first-order valence-corrected chi connectivity index (χ1v) is 6.84. The maximum absolute atomic E-state index is 12.1. The minimum absolute atomic E-state index is 0.0574. The van der Waals surface area contributed by atoms with Crippen LogP contribution in [0.2, 0.25) is 0 Å². The lowest BCUT2D eigenvalue weighted by atomic mass is 9.68. The SMILES string of the molecule is CNC(=O)C1(c2nc(-c3cn(C)c(=O)[nH]c3=O)no2)CCC1. The van der Waals surface area contributed by atoms with E-state index in [2.05, 4.69) is 20.4 Å². The molecule has 116 valence electrons. The number of hydrogen-bond acceptors (Lipinski definition) is 6. The van der Waals surface area contributed by atoms with E-state index in [-0.39, 0.29) is 23.2 Å². The number of rotatable bonds is 3. The molecule has 0 unspecified atom stereocenters. The van der Waals surface area contributed by atoms with E-state index in [1.165, 1.54) is 17.8 Å². The van der Waals surface area contributed by atoms with Crippen LogP contribution in [0.1, 0.15) is 25.2 Å². The quantitative estimate of drug-likeness (QED) is 0.772. The second-order valence-electron chi connectivity index (χ2n) is 5.35. The Bertz CT molecular complexity index is 843. The number of nitrogens with zero attached hydrogens (tertiary/aromatic N) is 3. The van der Waals surface area contributed by atoms with Crippen molar-refractivity contribution in [3.05, 3.63) is 32.9 Å². The zero-order chi connectivity index (χ0) is 15.9. The summed E-state index contributed by atoms with van der Waals surface area (Å²) >= 11 is 0. The summed E-state index contributed by atoms with van der Waals surface area (Å²) < 4.78 is 6.43. The molecular formula is C13H15N5O4. The van der Waals surface area contributed by atoms with E-state index >= 15 is 0 Å². The number of aromatic amines is 1. The Morgan fingerprint density at radius 1 is 1.45 bits per heavy atom. The van der Waals surface area contributed by atoms with Crippen LogP contribution in [0, 0.1) is 0 Å². The molecule has 0 bridgehead atoms. The normalized spacial score (nSPS) is 16.1. The Hall–Kier alpha value is -2.71. The predicted molar refractivity (Wildman–Crippen MR) is 75.2 cm³/mol. The zero-order valence-electron chi connectivity index (χ0n) is 12.2. The average molecular weight is 305 g/mol. The maximum atomic E-state index is 12.1. The number of carbonyl (C=O) groups is 1.